The zero-order valence-corrected chi connectivity index (χ0v) is 14.6. The van der Waals surface area contributed by atoms with E-state index in [-0.39, 0.29) is 5.91 Å². The Labute approximate surface area is 139 Å². The highest BCUT2D eigenvalue weighted by Gasteiger charge is 2.26. The summed E-state index contributed by atoms with van der Waals surface area (Å²) in [7, 11) is 2.15. The Bertz CT molecular complexity index is 566. The van der Waals surface area contributed by atoms with Gasteiger partial charge in [-0.2, -0.15) is 0 Å². The number of amides is 1. The summed E-state index contributed by atoms with van der Waals surface area (Å²) < 4.78 is 0. The van der Waals surface area contributed by atoms with E-state index in [1.165, 1.54) is 6.42 Å². The summed E-state index contributed by atoms with van der Waals surface area (Å²) in [5.41, 5.74) is 1.49. The van der Waals surface area contributed by atoms with Crippen LogP contribution in [0.15, 0.2) is 6.07 Å². The predicted octanol–water partition coefficient (Wildman–Crippen LogP) is 2.47. The van der Waals surface area contributed by atoms with Crippen LogP contribution in [0.5, 0.6) is 0 Å². The number of rotatable bonds is 2. The van der Waals surface area contributed by atoms with Crippen LogP contribution >= 0.6 is 0 Å². The van der Waals surface area contributed by atoms with Crippen LogP contribution in [0.4, 0.5) is 0 Å². The lowest BCUT2D eigenvalue weighted by Crippen LogP contribution is -2.39. The SMILES string of the molecule is Cc1cc(C(=O)N2CCCC(C)C2)nc(C2CCN(C)CC2)n1. The Morgan fingerprint density at radius 3 is 2.61 bits per heavy atom. The van der Waals surface area contributed by atoms with Crippen molar-refractivity contribution >= 4 is 5.91 Å². The van der Waals surface area contributed by atoms with Gasteiger partial charge in [0.15, 0.2) is 0 Å². The summed E-state index contributed by atoms with van der Waals surface area (Å²) in [6.45, 7) is 8.05. The van der Waals surface area contributed by atoms with E-state index in [0.717, 1.165) is 57.0 Å². The van der Waals surface area contributed by atoms with E-state index in [1.54, 1.807) is 0 Å². The fourth-order valence-electron chi connectivity index (χ4n) is 3.69. The van der Waals surface area contributed by atoms with Gasteiger partial charge in [-0.3, -0.25) is 4.79 Å². The molecule has 1 aromatic rings. The Kier molecular flexibility index (Phi) is 4.95. The highest BCUT2D eigenvalue weighted by atomic mass is 16.2. The van der Waals surface area contributed by atoms with Gasteiger partial charge in [0.25, 0.3) is 5.91 Å². The number of carbonyl (C=O) groups excluding carboxylic acids is 1. The van der Waals surface area contributed by atoms with Crippen LogP contribution in [-0.2, 0) is 0 Å². The van der Waals surface area contributed by atoms with Crippen molar-refractivity contribution in [1.29, 1.82) is 0 Å². The number of piperidine rings is 2. The van der Waals surface area contributed by atoms with Gasteiger partial charge in [-0.1, -0.05) is 6.92 Å². The molecule has 5 nitrogen and oxygen atoms in total. The van der Waals surface area contributed by atoms with Crippen molar-refractivity contribution in [1.82, 2.24) is 19.8 Å². The van der Waals surface area contributed by atoms with Crippen molar-refractivity contribution in [3.8, 4) is 0 Å². The molecule has 2 aliphatic rings. The highest BCUT2D eigenvalue weighted by Crippen LogP contribution is 2.26. The smallest absolute Gasteiger partial charge is 0.272 e. The first-order chi connectivity index (χ1) is 11.0. The molecule has 3 heterocycles. The van der Waals surface area contributed by atoms with Crippen molar-refractivity contribution < 1.29 is 4.79 Å². The topological polar surface area (TPSA) is 49.3 Å². The third kappa shape index (κ3) is 3.89. The van der Waals surface area contributed by atoms with Crippen molar-refractivity contribution in [3.63, 3.8) is 0 Å². The number of aromatic nitrogens is 2. The zero-order chi connectivity index (χ0) is 16.4. The van der Waals surface area contributed by atoms with Crippen LogP contribution < -0.4 is 0 Å². The minimum Gasteiger partial charge on any atom is -0.337 e. The van der Waals surface area contributed by atoms with Crippen LogP contribution in [0.2, 0.25) is 0 Å². The molecule has 1 unspecified atom stereocenters. The van der Waals surface area contributed by atoms with Crippen molar-refractivity contribution in [2.75, 3.05) is 33.2 Å². The van der Waals surface area contributed by atoms with Gasteiger partial charge in [0.2, 0.25) is 0 Å². The van der Waals surface area contributed by atoms with Crippen molar-refractivity contribution in [2.45, 2.75) is 45.4 Å². The van der Waals surface area contributed by atoms with Crippen LogP contribution in [0.3, 0.4) is 0 Å². The summed E-state index contributed by atoms with van der Waals surface area (Å²) in [4.78, 5) is 26.4. The Hall–Kier alpha value is -1.49. The zero-order valence-electron chi connectivity index (χ0n) is 14.6. The lowest BCUT2D eigenvalue weighted by molar-refractivity contribution is 0.0676. The molecule has 1 atom stereocenters. The van der Waals surface area contributed by atoms with E-state index in [9.17, 15) is 4.79 Å². The first-order valence-corrected chi connectivity index (χ1v) is 8.86. The van der Waals surface area contributed by atoms with Gasteiger partial charge in [-0.05, 0) is 64.7 Å². The number of nitrogens with zero attached hydrogens (tertiary/aromatic N) is 4. The number of carbonyl (C=O) groups is 1. The first kappa shape index (κ1) is 16.4. The Balaban J connectivity index is 1.78. The summed E-state index contributed by atoms with van der Waals surface area (Å²) in [5.74, 6) is 1.92. The lowest BCUT2D eigenvalue weighted by atomic mass is 9.96. The molecule has 0 bridgehead atoms. The van der Waals surface area contributed by atoms with E-state index in [1.807, 2.05) is 17.9 Å². The molecule has 2 fully saturated rings. The van der Waals surface area contributed by atoms with E-state index in [4.69, 9.17) is 0 Å². The average molecular weight is 316 g/mol. The molecule has 5 heteroatoms. The van der Waals surface area contributed by atoms with Gasteiger partial charge in [0.1, 0.15) is 11.5 Å². The fraction of sp³-hybridized carbons (Fsp3) is 0.722. The molecule has 2 aliphatic heterocycles. The van der Waals surface area contributed by atoms with E-state index in [2.05, 4.69) is 28.8 Å². The molecular weight excluding hydrogens is 288 g/mol. The molecule has 0 spiro atoms. The maximum atomic E-state index is 12.8. The van der Waals surface area contributed by atoms with Gasteiger partial charge in [0.05, 0.1) is 0 Å². The van der Waals surface area contributed by atoms with Crippen LogP contribution in [0, 0.1) is 12.8 Å². The molecule has 0 saturated carbocycles. The first-order valence-electron chi connectivity index (χ1n) is 8.86. The summed E-state index contributed by atoms with van der Waals surface area (Å²) in [6, 6.07) is 1.85. The summed E-state index contributed by atoms with van der Waals surface area (Å²) in [6.07, 6.45) is 4.47. The van der Waals surface area contributed by atoms with Gasteiger partial charge in [-0.25, -0.2) is 9.97 Å². The predicted molar refractivity (Wildman–Crippen MR) is 90.5 cm³/mol. The summed E-state index contributed by atoms with van der Waals surface area (Å²) >= 11 is 0. The normalized spacial score (nSPS) is 24.0. The third-order valence-corrected chi connectivity index (χ3v) is 5.12. The Morgan fingerprint density at radius 2 is 1.91 bits per heavy atom. The monoisotopic (exact) mass is 316 g/mol. The van der Waals surface area contributed by atoms with Crippen LogP contribution in [-0.4, -0.2) is 58.9 Å². The number of hydrogen-bond acceptors (Lipinski definition) is 4. The van der Waals surface area contributed by atoms with Gasteiger partial charge in [-0.15, -0.1) is 0 Å². The van der Waals surface area contributed by atoms with E-state index >= 15 is 0 Å². The number of likely N-dealkylation sites (tertiary alicyclic amines) is 2. The molecular formula is C18H28N4O. The largest absolute Gasteiger partial charge is 0.337 e. The second-order valence-corrected chi connectivity index (χ2v) is 7.33. The number of hydrogen-bond donors (Lipinski definition) is 0. The van der Waals surface area contributed by atoms with Crippen molar-refractivity contribution in [3.05, 3.63) is 23.3 Å². The highest BCUT2D eigenvalue weighted by molar-refractivity contribution is 5.92. The van der Waals surface area contributed by atoms with E-state index < -0.39 is 0 Å². The molecule has 0 N–H and O–H groups in total. The van der Waals surface area contributed by atoms with Gasteiger partial charge >= 0.3 is 0 Å². The quantitative estimate of drug-likeness (QED) is 0.841. The second kappa shape index (κ2) is 6.95. The minimum absolute atomic E-state index is 0.0798. The summed E-state index contributed by atoms with van der Waals surface area (Å²) in [5, 5.41) is 0. The molecule has 0 aliphatic carbocycles. The van der Waals surface area contributed by atoms with Crippen molar-refractivity contribution in [2.24, 2.45) is 5.92 Å². The molecule has 126 valence electrons. The molecule has 2 saturated heterocycles. The standard InChI is InChI=1S/C18H28N4O/c1-13-5-4-8-22(12-13)18(23)16-11-14(2)19-17(20-16)15-6-9-21(3)10-7-15/h11,13,15H,4-10,12H2,1-3H3. The fourth-order valence-corrected chi connectivity index (χ4v) is 3.69. The molecule has 1 amide bonds. The number of aryl methyl sites for hydroxylation is 1. The molecule has 1 aromatic heterocycles. The maximum absolute atomic E-state index is 12.8. The van der Waals surface area contributed by atoms with Crippen LogP contribution in [0.25, 0.3) is 0 Å². The Morgan fingerprint density at radius 1 is 1.17 bits per heavy atom. The van der Waals surface area contributed by atoms with Gasteiger partial charge < -0.3 is 9.80 Å². The minimum atomic E-state index is 0.0798. The molecule has 23 heavy (non-hydrogen) atoms. The lowest BCUT2D eigenvalue weighted by Gasteiger charge is -2.31. The van der Waals surface area contributed by atoms with E-state index in [0.29, 0.717) is 17.5 Å². The molecule has 0 radical (unpaired) electrons. The third-order valence-electron chi connectivity index (χ3n) is 5.12. The van der Waals surface area contributed by atoms with Crippen LogP contribution in [0.1, 0.15) is 60.5 Å². The maximum Gasteiger partial charge on any atom is 0.272 e. The molecule has 0 aromatic carbocycles. The van der Waals surface area contributed by atoms with Gasteiger partial charge in [0, 0.05) is 24.7 Å². The second-order valence-electron chi connectivity index (χ2n) is 7.33. The average Bonchev–Trinajstić information content (AvgIpc) is 2.54. The molecule has 3 rings (SSSR count).